The number of rotatable bonds is 3. The lowest BCUT2D eigenvalue weighted by molar-refractivity contribution is -0.155. The van der Waals surface area contributed by atoms with Gasteiger partial charge < -0.3 is 15.2 Å². The fraction of sp³-hybridized carbons (Fsp3) is 0.455. The summed E-state index contributed by atoms with van der Waals surface area (Å²) in [4.78, 5) is 34.6. The van der Waals surface area contributed by atoms with Gasteiger partial charge in [0.25, 0.3) is 0 Å². The molecule has 2 rings (SSSR count). The molecular formula is C11H16N6O2. The minimum Gasteiger partial charge on any atom is -0.336 e. The number of hydrogen-bond donors (Lipinski definition) is 2. The van der Waals surface area contributed by atoms with E-state index in [1.807, 2.05) is 6.92 Å². The highest BCUT2D eigenvalue weighted by Gasteiger charge is 2.30. The zero-order valence-corrected chi connectivity index (χ0v) is 10.9. The number of piperazine rings is 1. The van der Waals surface area contributed by atoms with Crippen LogP contribution in [0.5, 0.6) is 0 Å². The predicted molar refractivity (Wildman–Crippen MR) is 67.6 cm³/mol. The van der Waals surface area contributed by atoms with Crippen LogP contribution in [-0.2, 0) is 16.1 Å². The average molecular weight is 264 g/mol. The van der Waals surface area contributed by atoms with E-state index in [0.29, 0.717) is 24.7 Å². The Labute approximate surface area is 110 Å². The Balaban J connectivity index is 2.15. The quantitative estimate of drug-likeness (QED) is 0.407. The molecule has 0 aliphatic carbocycles. The summed E-state index contributed by atoms with van der Waals surface area (Å²) in [5.74, 6) is 5.22. The van der Waals surface area contributed by atoms with E-state index in [1.165, 1.54) is 9.80 Å². The highest BCUT2D eigenvalue weighted by Crippen LogP contribution is 2.10. The largest absolute Gasteiger partial charge is 0.336 e. The predicted octanol–water partition coefficient (Wildman–Crippen LogP) is -1.13. The van der Waals surface area contributed by atoms with Gasteiger partial charge in [-0.15, -0.1) is 0 Å². The summed E-state index contributed by atoms with van der Waals surface area (Å²) in [7, 11) is 1.61. The summed E-state index contributed by atoms with van der Waals surface area (Å²) < 4.78 is 0. The Bertz CT molecular complexity index is 518. The number of amides is 2. The third-order valence-corrected chi connectivity index (χ3v) is 2.90. The second-order valence-electron chi connectivity index (χ2n) is 4.41. The lowest BCUT2D eigenvalue weighted by Crippen LogP contribution is -2.52. The molecule has 1 aromatic heterocycles. The molecule has 0 spiro atoms. The molecule has 0 radical (unpaired) electrons. The van der Waals surface area contributed by atoms with E-state index < -0.39 is 11.8 Å². The number of aryl methyl sites for hydroxylation is 1. The number of carbonyl (C=O) groups is 2. The Morgan fingerprint density at radius 1 is 1.32 bits per heavy atom. The summed E-state index contributed by atoms with van der Waals surface area (Å²) in [6.45, 7) is 3.00. The van der Waals surface area contributed by atoms with Crippen LogP contribution in [0.15, 0.2) is 6.07 Å². The Morgan fingerprint density at radius 3 is 2.74 bits per heavy atom. The molecule has 3 N–H and O–H groups in total. The van der Waals surface area contributed by atoms with Crippen molar-refractivity contribution >= 4 is 17.6 Å². The molecule has 1 aliphatic heterocycles. The summed E-state index contributed by atoms with van der Waals surface area (Å²) >= 11 is 0. The summed E-state index contributed by atoms with van der Waals surface area (Å²) in [6, 6.07) is 1.69. The van der Waals surface area contributed by atoms with Crippen molar-refractivity contribution in [3.8, 4) is 0 Å². The van der Waals surface area contributed by atoms with Gasteiger partial charge in [-0.1, -0.05) is 0 Å². The molecule has 2 amide bonds. The molecule has 0 atom stereocenters. The van der Waals surface area contributed by atoms with Crippen molar-refractivity contribution in [1.29, 1.82) is 0 Å². The fourth-order valence-corrected chi connectivity index (χ4v) is 1.87. The molecule has 2 heterocycles. The lowest BCUT2D eigenvalue weighted by Gasteiger charge is -2.30. The number of hydrazine groups is 1. The second kappa shape index (κ2) is 5.19. The fourth-order valence-electron chi connectivity index (χ4n) is 1.87. The molecule has 102 valence electrons. The van der Waals surface area contributed by atoms with Gasteiger partial charge in [-0.3, -0.25) is 9.59 Å². The van der Waals surface area contributed by atoms with Gasteiger partial charge in [0.05, 0.1) is 6.54 Å². The molecule has 0 aromatic carbocycles. The van der Waals surface area contributed by atoms with Crippen LogP contribution in [-0.4, -0.2) is 51.7 Å². The molecule has 0 bridgehead atoms. The number of anilines is 1. The van der Waals surface area contributed by atoms with Crippen LogP contribution in [0, 0.1) is 6.92 Å². The summed E-state index contributed by atoms with van der Waals surface area (Å²) in [5, 5.41) is 0. The first-order valence-corrected chi connectivity index (χ1v) is 5.87. The maximum Gasteiger partial charge on any atom is 0.312 e. The van der Waals surface area contributed by atoms with Crippen molar-refractivity contribution in [2.45, 2.75) is 13.5 Å². The number of nitrogens with two attached hydrogens (primary N) is 1. The molecule has 8 heteroatoms. The van der Waals surface area contributed by atoms with E-state index in [-0.39, 0.29) is 6.54 Å². The molecule has 0 unspecified atom stereocenters. The van der Waals surface area contributed by atoms with E-state index in [0.717, 1.165) is 5.69 Å². The first-order valence-electron chi connectivity index (χ1n) is 5.87. The number of aromatic nitrogens is 2. The van der Waals surface area contributed by atoms with Gasteiger partial charge in [-0.05, 0) is 6.92 Å². The number of nitrogens with one attached hydrogen (secondary N) is 1. The molecule has 8 nitrogen and oxygen atoms in total. The highest BCUT2D eigenvalue weighted by atomic mass is 16.2. The van der Waals surface area contributed by atoms with Crippen LogP contribution in [0.4, 0.5) is 5.82 Å². The van der Waals surface area contributed by atoms with Gasteiger partial charge in [0.15, 0.2) is 0 Å². The van der Waals surface area contributed by atoms with E-state index in [1.54, 1.807) is 13.1 Å². The summed E-state index contributed by atoms with van der Waals surface area (Å²) in [6.07, 6.45) is 0. The topological polar surface area (TPSA) is 104 Å². The smallest absolute Gasteiger partial charge is 0.312 e. The Morgan fingerprint density at radius 2 is 2.05 bits per heavy atom. The van der Waals surface area contributed by atoms with Crippen molar-refractivity contribution in [1.82, 2.24) is 19.8 Å². The highest BCUT2D eigenvalue weighted by molar-refractivity contribution is 6.35. The van der Waals surface area contributed by atoms with E-state index >= 15 is 0 Å². The molecule has 1 saturated heterocycles. The van der Waals surface area contributed by atoms with Crippen LogP contribution in [0.3, 0.4) is 0 Å². The lowest BCUT2D eigenvalue weighted by atomic mass is 10.3. The number of likely N-dealkylation sites (N-methyl/N-ethyl adjacent to an activating group) is 1. The monoisotopic (exact) mass is 264 g/mol. The molecule has 1 aliphatic rings. The molecule has 19 heavy (non-hydrogen) atoms. The van der Waals surface area contributed by atoms with Crippen molar-refractivity contribution in [3.05, 3.63) is 17.6 Å². The summed E-state index contributed by atoms with van der Waals surface area (Å²) in [5.41, 5.74) is 3.18. The van der Waals surface area contributed by atoms with Crippen LogP contribution in [0.25, 0.3) is 0 Å². The normalized spacial score (nSPS) is 15.9. The van der Waals surface area contributed by atoms with Gasteiger partial charge in [-0.25, -0.2) is 15.8 Å². The zero-order chi connectivity index (χ0) is 14.0. The number of hydrogen-bond acceptors (Lipinski definition) is 6. The SMILES string of the molecule is Cc1cc(NN)nc(CN2CCN(C)C(=O)C2=O)n1. The first kappa shape index (κ1) is 13.2. The average Bonchev–Trinajstić information content (AvgIpc) is 2.39. The van der Waals surface area contributed by atoms with Gasteiger partial charge in [0.2, 0.25) is 0 Å². The maximum atomic E-state index is 11.8. The van der Waals surface area contributed by atoms with E-state index in [9.17, 15) is 9.59 Å². The van der Waals surface area contributed by atoms with E-state index in [2.05, 4.69) is 15.4 Å². The van der Waals surface area contributed by atoms with Crippen molar-refractivity contribution < 1.29 is 9.59 Å². The number of carbonyl (C=O) groups excluding carboxylic acids is 2. The number of nitrogen functional groups attached to an aromatic ring is 1. The third-order valence-electron chi connectivity index (χ3n) is 2.90. The maximum absolute atomic E-state index is 11.8. The van der Waals surface area contributed by atoms with Gasteiger partial charge in [0, 0.05) is 31.9 Å². The zero-order valence-electron chi connectivity index (χ0n) is 10.9. The van der Waals surface area contributed by atoms with Gasteiger partial charge >= 0.3 is 11.8 Å². The molecule has 1 aromatic rings. The van der Waals surface area contributed by atoms with Crippen LogP contribution >= 0.6 is 0 Å². The van der Waals surface area contributed by atoms with Crippen LogP contribution < -0.4 is 11.3 Å². The third kappa shape index (κ3) is 2.79. The van der Waals surface area contributed by atoms with Gasteiger partial charge in [-0.2, -0.15) is 0 Å². The minimum absolute atomic E-state index is 0.203. The van der Waals surface area contributed by atoms with Crippen molar-refractivity contribution in [3.63, 3.8) is 0 Å². The minimum atomic E-state index is -0.527. The molecule has 0 saturated carbocycles. The first-order chi connectivity index (χ1) is 9.01. The van der Waals surface area contributed by atoms with Crippen LogP contribution in [0.1, 0.15) is 11.5 Å². The Kier molecular flexibility index (Phi) is 3.61. The van der Waals surface area contributed by atoms with Crippen LogP contribution in [0.2, 0.25) is 0 Å². The second-order valence-corrected chi connectivity index (χ2v) is 4.41. The van der Waals surface area contributed by atoms with Crippen molar-refractivity contribution in [2.75, 3.05) is 25.6 Å². The van der Waals surface area contributed by atoms with E-state index in [4.69, 9.17) is 5.84 Å². The molecule has 1 fully saturated rings. The van der Waals surface area contributed by atoms with Gasteiger partial charge in [0.1, 0.15) is 11.6 Å². The number of nitrogens with zero attached hydrogens (tertiary/aromatic N) is 4. The molecular weight excluding hydrogens is 248 g/mol. The van der Waals surface area contributed by atoms with Crippen molar-refractivity contribution in [2.24, 2.45) is 5.84 Å². The Hall–Kier alpha value is -2.22. The standard InChI is InChI=1S/C11H16N6O2/c1-7-5-8(15-12)14-9(13-7)6-17-4-3-16(2)10(18)11(17)19/h5H,3-4,6,12H2,1-2H3,(H,13,14,15).